The maximum absolute atomic E-state index is 12.1. The van der Waals surface area contributed by atoms with Crippen molar-refractivity contribution in [3.05, 3.63) is 47.0 Å². The van der Waals surface area contributed by atoms with Crippen LogP contribution in [0.2, 0.25) is 0 Å². The van der Waals surface area contributed by atoms with E-state index in [-0.39, 0.29) is 18.7 Å². The summed E-state index contributed by atoms with van der Waals surface area (Å²) in [5.74, 6) is 1.75. The number of hydrogen-bond acceptors (Lipinski definition) is 4. The fourth-order valence-electron chi connectivity index (χ4n) is 2.85. The van der Waals surface area contributed by atoms with Crippen molar-refractivity contribution in [2.24, 2.45) is 0 Å². The molecule has 3 rings (SSSR count). The SMILES string of the molecule is Cc1nc2n(n1)CC(NC(=O)NCc1ccccc1CO)CC2. The quantitative estimate of drug-likeness (QED) is 0.781. The zero-order valence-corrected chi connectivity index (χ0v) is 13.1. The molecule has 0 radical (unpaired) electrons. The number of urea groups is 1. The molecule has 0 saturated carbocycles. The van der Waals surface area contributed by atoms with Gasteiger partial charge in [0, 0.05) is 13.0 Å². The fraction of sp³-hybridized carbons (Fsp3) is 0.438. The van der Waals surface area contributed by atoms with Gasteiger partial charge in [-0.1, -0.05) is 24.3 Å². The van der Waals surface area contributed by atoms with E-state index in [0.29, 0.717) is 13.1 Å². The van der Waals surface area contributed by atoms with Crippen LogP contribution in [-0.2, 0) is 26.1 Å². The number of aryl methyl sites for hydroxylation is 2. The summed E-state index contributed by atoms with van der Waals surface area (Å²) in [4.78, 5) is 16.4. The zero-order chi connectivity index (χ0) is 16.2. The van der Waals surface area contributed by atoms with Gasteiger partial charge in [-0.2, -0.15) is 5.10 Å². The molecule has 7 nitrogen and oxygen atoms in total. The highest BCUT2D eigenvalue weighted by atomic mass is 16.3. The largest absolute Gasteiger partial charge is 0.392 e. The van der Waals surface area contributed by atoms with E-state index >= 15 is 0 Å². The lowest BCUT2D eigenvalue weighted by Gasteiger charge is -2.23. The van der Waals surface area contributed by atoms with Crippen molar-refractivity contribution < 1.29 is 9.90 Å². The molecule has 0 bridgehead atoms. The Morgan fingerprint density at radius 1 is 1.39 bits per heavy atom. The minimum Gasteiger partial charge on any atom is -0.392 e. The molecule has 1 aliphatic rings. The van der Waals surface area contributed by atoms with Crippen LogP contribution in [0, 0.1) is 6.92 Å². The van der Waals surface area contributed by atoms with Gasteiger partial charge in [-0.3, -0.25) is 0 Å². The Morgan fingerprint density at radius 2 is 2.17 bits per heavy atom. The van der Waals surface area contributed by atoms with Crippen LogP contribution in [0.1, 0.15) is 29.2 Å². The second-order valence-electron chi connectivity index (χ2n) is 5.75. The molecule has 2 amide bonds. The molecule has 1 aromatic carbocycles. The van der Waals surface area contributed by atoms with E-state index in [1.807, 2.05) is 35.9 Å². The topological polar surface area (TPSA) is 92.1 Å². The Balaban J connectivity index is 1.52. The van der Waals surface area contributed by atoms with E-state index in [1.165, 1.54) is 0 Å². The Labute approximate surface area is 134 Å². The number of aliphatic hydroxyl groups excluding tert-OH is 1. The Hall–Kier alpha value is -2.41. The van der Waals surface area contributed by atoms with Gasteiger partial charge in [-0.15, -0.1) is 0 Å². The molecule has 3 N–H and O–H groups in total. The van der Waals surface area contributed by atoms with E-state index in [0.717, 1.165) is 35.6 Å². The molecule has 0 aliphatic carbocycles. The van der Waals surface area contributed by atoms with E-state index < -0.39 is 0 Å². The van der Waals surface area contributed by atoms with Crippen LogP contribution in [-0.4, -0.2) is 31.9 Å². The maximum atomic E-state index is 12.1. The van der Waals surface area contributed by atoms with Gasteiger partial charge in [0.1, 0.15) is 11.6 Å². The van der Waals surface area contributed by atoms with Crippen molar-refractivity contribution in [1.29, 1.82) is 0 Å². The Morgan fingerprint density at radius 3 is 2.96 bits per heavy atom. The van der Waals surface area contributed by atoms with Crippen LogP contribution in [0.25, 0.3) is 0 Å². The van der Waals surface area contributed by atoms with Gasteiger partial charge in [0.25, 0.3) is 0 Å². The molecule has 1 aliphatic heterocycles. The van der Waals surface area contributed by atoms with Crippen molar-refractivity contribution in [3.63, 3.8) is 0 Å². The number of rotatable bonds is 4. The maximum Gasteiger partial charge on any atom is 0.315 e. The summed E-state index contributed by atoms with van der Waals surface area (Å²) < 4.78 is 1.87. The molecule has 0 fully saturated rings. The van der Waals surface area contributed by atoms with Crippen LogP contribution in [0.15, 0.2) is 24.3 Å². The molecule has 122 valence electrons. The van der Waals surface area contributed by atoms with Gasteiger partial charge in [0.05, 0.1) is 19.2 Å². The summed E-state index contributed by atoms with van der Waals surface area (Å²) in [7, 11) is 0. The molecule has 0 saturated heterocycles. The molecule has 7 heteroatoms. The van der Waals surface area contributed by atoms with Crippen molar-refractivity contribution >= 4 is 6.03 Å². The molecular formula is C16H21N5O2. The number of aliphatic hydroxyl groups is 1. The lowest BCUT2D eigenvalue weighted by atomic mass is 10.1. The predicted octanol–water partition coefficient (Wildman–Crippen LogP) is 0.893. The first kappa shape index (κ1) is 15.5. The second kappa shape index (κ2) is 6.78. The molecular weight excluding hydrogens is 294 g/mol. The first-order valence-corrected chi connectivity index (χ1v) is 7.78. The zero-order valence-electron chi connectivity index (χ0n) is 13.1. The number of fused-ring (bicyclic) bond motifs is 1. The predicted molar refractivity (Wildman–Crippen MR) is 84.6 cm³/mol. The Kier molecular flexibility index (Phi) is 4.57. The molecule has 2 aromatic rings. The highest BCUT2D eigenvalue weighted by molar-refractivity contribution is 5.74. The minimum atomic E-state index is -0.206. The van der Waals surface area contributed by atoms with Gasteiger partial charge >= 0.3 is 6.03 Å². The normalized spacial score (nSPS) is 16.7. The van der Waals surface area contributed by atoms with Crippen molar-refractivity contribution in [3.8, 4) is 0 Å². The van der Waals surface area contributed by atoms with E-state index in [1.54, 1.807) is 0 Å². The third kappa shape index (κ3) is 3.68. The van der Waals surface area contributed by atoms with Crippen LogP contribution in [0.3, 0.4) is 0 Å². The van der Waals surface area contributed by atoms with Crippen LogP contribution in [0.4, 0.5) is 4.79 Å². The summed E-state index contributed by atoms with van der Waals surface area (Å²) in [6, 6.07) is 7.36. The lowest BCUT2D eigenvalue weighted by molar-refractivity contribution is 0.231. The molecule has 23 heavy (non-hydrogen) atoms. The number of amides is 2. The number of nitrogens with zero attached hydrogens (tertiary/aromatic N) is 3. The third-order valence-electron chi connectivity index (χ3n) is 4.03. The van der Waals surface area contributed by atoms with Crippen LogP contribution >= 0.6 is 0 Å². The number of hydrogen-bond donors (Lipinski definition) is 3. The van der Waals surface area contributed by atoms with Crippen molar-refractivity contribution in [2.75, 3.05) is 0 Å². The first-order valence-electron chi connectivity index (χ1n) is 7.78. The average Bonchev–Trinajstić information content (AvgIpc) is 2.92. The number of carbonyl (C=O) groups is 1. The van der Waals surface area contributed by atoms with Gasteiger partial charge in [0.2, 0.25) is 0 Å². The lowest BCUT2D eigenvalue weighted by Crippen LogP contribution is -2.45. The van der Waals surface area contributed by atoms with E-state index in [2.05, 4.69) is 20.7 Å². The van der Waals surface area contributed by atoms with Gasteiger partial charge in [-0.05, 0) is 24.5 Å². The molecule has 1 atom stereocenters. The first-order chi connectivity index (χ1) is 11.2. The summed E-state index contributed by atoms with van der Waals surface area (Å²) >= 11 is 0. The van der Waals surface area contributed by atoms with Crippen LogP contribution in [0.5, 0.6) is 0 Å². The number of aromatic nitrogens is 3. The summed E-state index contributed by atoms with van der Waals surface area (Å²) in [6.45, 7) is 2.88. The molecule has 2 heterocycles. The van der Waals surface area contributed by atoms with Crippen LogP contribution < -0.4 is 10.6 Å². The smallest absolute Gasteiger partial charge is 0.315 e. The van der Waals surface area contributed by atoms with Gasteiger partial charge < -0.3 is 15.7 Å². The molecule has 1 aromatic heterocycles. The average molecular weight is 315 g/mol. The fourth-order valence-corrected chi connectivity index (χ4v) is 2.85. The van der Waals surface area contributed by atoms with E-state index in [4.69, 9.17) is 0 Å². The summed E-state index contributed by atoms with van der Waals surface area (Å²) in [5, 5.41) is 19.4. The van der Waals surface area contributed by atoms with Crippen molar-refractivity contribution in [2.45, 2.75) is 45.5 Å². The van der Waals surface area contributed by atoms with Crippen molar-refractivity contribution in [1.82, 2.24) is 25.4 Å². The highest BCUT2D eigenvalue weighted by Gasteiger charge is 2.22. The number of carbonyl (C=O) groups excluding carboxylic acids is 1. The number of nitrogens with one attached hydrogen (secondary N) is 2. The molecule has 1 unspecified atom stereocenters. The monoisotopic (exact) mass is 315 g/mol. The summed E-state index contributed by atoms with van der Waals surface area (Å²) in [6.07, 6.45) is 1.68. The third-order valence-corrected chi connectivity index (χ3v) is 4.03. The van der Waals surface area contributed by atoms with Gasteiger partial charge in [-0.25, -0.2) is 14.5 Å². The standard InChI is InChI=1S/C16H21N5O2/c1-11-18-15-7-6-14(9-21(15)20-11)19-16(23)17-8-12-4-2-3-5-13(12)10-22/h2-5,14,22H,6-10H2,1H3,(H2,17,19,23). The second-order valence-corrected chi connectivity index (χ2v) is 5.75. The summed E-state index contributed by atoms with van der Waals surface area (Å²) in [5.41, 5.74) is 1.75. The van der Waals surface area contributed by atoms with Gasteiger partial charge in [0.15, 0.2) is 0 Å². The molecule has 0 spiro atoms. The number of benzene rings is 1. The Bertz CT molecular complexity index is 698. The highest BCUT2D eigenvalue weighted by Crippen LogP contribution is 2.13. The minimum absolute atomic E-state index is 0.0312. The van der Waals surface area contributed by atoms with E-state index in [9.17, 15) is 9.90 Å².